The molecule has 0 spiro atoms. The average Bonchev–Trinajstić information content (AvgIpc) is 3.30. The predicted octanol–water partition coefficient (Wildman–Crippen LogP) is 4.51. The van der Waals surface area contributed by atoms with Crippen molar-refractivity contribution in [1.29, 1.82) is 0 Å². The summed E-state index contributed by atoms with van der Waals surface area (Å²) in [6, 6.07) is 20.9. The maximum Gasteiger partial charge on any atom is 0.289 e. The Labute approximate surface area is 169 Å². The summed E-state index contributed by atoms with van der Waals surface area (Å²) in [5.41, 5.74) is 2.74. The molecule has 2 heterocycles. The molecule has 0 atom stereocenters. The van der Waals surface area contributed by atoms with Crippen LogP contribution in [0.2, 0.25) is 0 Å². The first-order valence-electron chi connectivity index (χ1n) is 9.75. The van der Waals surface area contributed by atoms with E-state index in [9.17, 15) is 9.59 Å². The number of furan rings is 1. The molecule has 1 aliphatic rings. The molecule has 2 aromatic carbocycles. The molecule has 0 radical (unpaired) electrons. The Kier molecular flexibility index (Phi) is 5.61. The van der Waals surface area contributed by atoms with Crippen molar-refractivity contribution in [2.75, 3.05) is 23.7 Å². The molecule has 0 saturated carbocycles. The van der Waals surface area contributed by atoms with E-state index in [0.29, 0.717) is 31.7 Å². The summed E-state index contributed by atoms with van der Waals surface area (Å²) in [4.78, 5) is 26.7. The van der Waals surface area contributed by atoms with Crippen molar-refractivity contribution < 1.29 is 14.0 Å². The molecule has 29 heavy (non-hydrogen) atoms. The second-order valence-corrected chi connectivity index (χ2v) is 7.10. The molecule has 1 saturated heterocycles. The first-order chi connectivity index (χ1) is 14.2. The molecule has 148 valence electrons. The quantitative estimate of drug-likeness (QED) is 0.673. The monoisotopic (exact) mass is 389 g/mol. The Hall–Kier alpha value is -3.54. The molecule has 2 amide bonds. The molecule has 0 aliphatic carbocycles. The van der Waals surface area contributed by atoms with Crippen LogP contribution in [-0.2, 0) is 4.79 Å². The Morgan fingerprint density at radius 2 is 1.48 bits per heavy atom. The molecular weight excluding hydrogens is 366 g/mol. The number of amides is 2. The Balaban J connectivity index is 1.28. The molecule has 4 rings (SSSR count). The van der Waals surface area contributed by atoms with Gasteiger partial charge in [0.25, 0.3) is 5.91 Å². The van der Waals surface area contributed by atoms with E-state index in [1.165, 1.54) is 6.26 Å². The van der Waals surface area contributed by atoms with Gasteiger partial charge in [-0.3, -0.25) is 9.59 Å². The second kappa shape index (κ2) is 8.65. The van der Waals surface area contributed by atoms with Crippen molar-refractivity contribution >= 4 is 28.9 Å². The Morgan fingerprint density at radius 3 is 2.14 bits per heavy atom. The lowest BCUT2D eigenvalue weighted by Crippen LogP contribution is -2.41. The number of para-hydroxylation sites is 1. The fourth-order valence-corrected chi connectivity index (χ4v) is 3.47. The first kappa shape index (κ1) is 18.8. The van der Waals surface area contributed by atoms with Crippen molar-refractivity contribution in [1.82, 2.24) is 4.90 Å². The van der Waals surface area contributed by atoms with Crippen molar-refractivity contribution in [3.8, 4) is 0 Å². The lowest BCUT2D eigenvalue weighted by molar-refractivity contribution is -0.121. The average molecular weight is 389 g/mol. The maximum atomic E-state index is 12.6. The summed E-state index contributed by atoms with van der Waals surface area (Å²) < 4.78 is 5.17. The van der Waals surface area contributed by atoms with Gasteiger partial charge in [-0.05, 0) is 61.4 Å². The zero-order chi connectivity index (χ0) is 20.1. The van der Waals surface area contributed by atoms with Crippen molar-refractivity contribution in [2.24, 2.45) is 5.92 Å². The summed E-state index contributed by atoms with van der Waals surface area (Å²) in [7, 11) is 0. The number of nitrogens with one attached hydrogen (secondary N) is 2. The van der Waals surface area contributed by atoms with E-state index in [1.54, 1.807) is 17.0 Å². The van der Waals surface area contributed by atoms with E-state index in [4.69, 9.17) is 4.42 Å². The molecular formula is C23H23N3O3. The minimum Gasteiger partial charge on any atom is -0.459 e. The van der Waals surface area contributed by atoms with Crippen LogP contribution < -0.4 is 10.6 Å². The third kappa shape index (κ3) is 4.66. The molecule has 0 bridgehead atoms. The van der Waals surface area contributed by atoms with Gasteiger partial charge in [-0.1, -0.05) is 18.2 Å². The number of hydrogen-bond donors (Lipinski definition) is 2. The van der Waals surface area contributed by atoms with E-state index in [1.807, 2.05) is 54.6 Å². The van der Waals surface area contributed by atoms with Gasteiger partial charge >= 0.3 is 0 Å². The van der Waals surface area contributed by atoms with Crippen LogP contribution in [-0.4, -0.2) is 29.8 Å². The van der Waals surface area contributed by atoms with Gasteiger partial charge in [0.1, 0.15) is 0 Å². The van der Waals surface area contributed by atoms with Crippen molar-refractivity contribution in [3.63, 3.8) is 0 Å². The lowest BCUT2D eigenvalue weighted by atomic mass is 9.95. The van der Waals surface area contributed by atoms with E-state index in [-0.39, 0.29) is 17.7 Å². The molecule has 6 heteroatoms. The summed E-state index contributed by atoms with van der Waals surface area (Å²) in [5.74, 6) is 0.129. The second-order valence-electron chi connectivity index (χ2n) is 7.10. The highest BCUT2D eigenvalue weighted by atomic mass is 16.3. The molecule has 1 fully saturated rings. The van der Waals surface area contributed by atoms with Crippen LogP contribution in [0.25, 0.3) is 0 Å². The number of nitrogens with zero attached hydrogens (tertiary/aromatic N) is 1. The van der Waals surface area contributed by atoms with Crippen molar-refractivity contribution in [3.05, 3.63) is 78.8 Å². The van der Waals surface area contributed by atoms with Gasteiger partial charge in [0.05, 0.1) is 6.26 Å². The zero-order valence-corrected chi connectivity index (χ0v) is 16.0. The van der Waals surface area contributed by atoms with Crippen molar-refractivity contribution in [2.45, 2.75) is 12.8 Å². The van der Waals surface area contributed by atoms with E-state index >= 15 is 0 Å². The smallest absolute Gasteiger partial charge is 0.289 e. The predicted molar refractivity (Wildman–Crippen MR) is 112 cm³/mol. The Bertz CT molecular complexity index is 945. The minimum atomic E-state index is -0.115. The molecule has 3 aromatic rings. The number of likely N-dealkylation sites (tertiary alicyclic amines) is 1. The van der Waals surface area contributed by atoms with Crippen LogP contribution in [0.3, 0.4) is 0 Å². The highest BCUT2D eigenvalue weighted by molar-refractivity contribution is 5.94. The summed E-state index contributed by atoms with van der Waals surface area (Å²) in [6.45, 7) is 1.11. The molecule has 1 aromatic heterocycles. The zero-order valence-electron chi connectivity index (χ0n) is 16.0. The number of carbonyl (C=O) groups is 2. The minimum absolute atomic E-state index is 0.00105. The molecule has 1 aliphatic heterocycles. The number of piperidine rings is 1. The summed E-state index contributed by atoms with van der Waals surface area (Å²) >= 11 is 0. The molecule has 6 nitrogen and oxygen atoms in total. The van der Waals surface area contributed by atoms with Gasteiger partial charge in [0.15, 0.2) is 5.76 Å². The van der Waals surface area contributed by atoms with E-state index < -0.39 is 0 Å². The third-order valence-electron chi connectivity index (χ3n) is 5.10. The van der Waals surface area contributed by atoms with Crippen LogP contribution in [0, 0.1) is 5.92 Å². The topological polar surface area (TPSA) is 74.6 Å². The highest BCUT2D eigenvalue weighted by Crippen LogP contribution is 2.23. The van der Waals surface area contributed by atoms with Crippen LogP contribution in [0.5, 0.6) is 0 Å². The number of hydrogen-bond acceptors (Lipinski definition) is 4. The largest absolute Gasteiger partial charge is 0.459 e. The number of rotatable bonds is 5. The fourth-order valence-electron chi connectivity index (χ4n) is 3.47. The summed E-state index contributed by atoms with van der Waals surface area (Å²) in [6.07, 6.45) is 2.78. The van der Waals surface area contributed by atoms with Gasteiger partial charge in [-0.2, -0.15) is 0 Å². The molecule has 2 N–H and O–H groups in total. The fraction of sp³-hybridized carbons (Fsp3) is 0.217. The van der Waals surface area contributed by atoms with Gasteiger partial charge in [-0.25, -0.2) is 0 Å². The van der Waals surface area contributed by atoms with E-state index in [2.05, 4.69) is 10.6 Å². The highest BCUT2D eigenvalue weighted by Gasteiger charge is 2.28. The van der Waals surface area contributed by atoms with E-state index in [0.717, 1.165) is 17.1 Å². The lowest BCUT2D eigenvalue weighted by Gasteiger charge is -2.30. The number of anilines is 3. The van der Waals surface area contributed by atoms with Crippen LogP contribution in [0.4, 0.5) is 17.1 Å². The third-order valence-corrected chi connectivity index (χ3v) is 5.10. The molecule has 0 unspecified atom stereocenters. The van der Waals surface area contributed by atoms with Gasteiger partial charge in [0.2, 0.25) is 5.91 Å². The van der Waals surface area contributed by atoms with Crippen LogP contribution in [0.15, 0.2) is 77.4 Å². The first-order valence-corrected chi connectivity index (χ1v) is 9.75. The van der Waals surface area contributed by atoms with Crippen LogP contribution in [0.1, 0.15) is 23.4 Å². The summed E-state index contributed by atoms with van der Waals surface area (Å²) in [5, 5.41) is 6.30. The number of benzene rings is 2. The van der Waals surface area contributed by atoms with Gasteiger partial charge in [0, 0.05) is 36.1 Å². The Morgan fingerprint density at radius 1 is 0.828 bits per heavy atom. The van der Waals surface area contributed by atoms with Crippen LogP contribution >= 0.6 is 0 Å². The standard InChI is InChI=1S/C23H23N3O3/c27-22(17-12-14-26(15-13-17)23(28)21-7-4-16-29-21)25-20-10-8-19(9-11-20)24-18-5-2-1-3-6-18/h1-11,16-17,24H,12-15H2,(H,25,27). The van der Waals surface area contributed by atoms with Gasteiger partial charge < -0.3 is 20.0 Å². The normalized spacial score (nSPS) is 14.4. The maximum absolute atomic E-state index is 12.6. The SMILES string of the molecule is O=C(Nc1ccc(Nc2ccccc2)cc1)C1CCN(C(=O)c2ccco2)CC1. The number of carbonyl (C=O) groups excluding carboxylic acids is 2. The van der Waals surface area contributed by atoms with Gasteiger partial charge in [-0.15, -0.1) is 0 Å².